The van der Waals surface area contributed by atoms with Crippen molar-refractivity contribution < 1.29 is 29.4 Å². The fourth-order valence-electron chi connectivity index (χ4n) is 3.41. The van der Waals surface area contributed by atoms with E-state index in [1.807, 2.05) is 0 Å². The average Bonchev–Trinajstić information content (AvgIpc) is 3.37. The third-order valence-corrected chi connectivity index (χ3v) is 5.33. The standard InChI is InChI=1S/C23H33N9O6/c24-16(9-14-10-27-12-30-14)20(36)31-17(2-1-7-28-23(25)26)22(38)32-18(21(37)29-11-19(34)35)8-13-3-5-15(33)6-4-13/h3-6,10,12,16-18,33H,1-2,7-9,11,24H2,(H,27,30)(H,29,37)(H,31,36)(H,32,38)(H,34,35)(H4,25,26,28). The third kappa shape index (κ3) is 10.5. The zero-order chi connectivity index (χ0) is 28.1. The fraction of sp³-hybridized carbons (Fsp3) is 0.391. The number of phenols is 1. The highest BCUT2D eigenvalue weighted by Gasteiger charge is 2.28. The average molecular weight is 532 g/mol. The number of aromatic hydroxyl groups is 1. The lowest BCUT2D eigenvalue weighted by atomic mass is 10.0. The van der Waals surface area contributed by atoms with E-state index in [2.05, 4.69) is 30.9 Å². The van der Waals surface area contributed by atoms with E-state index in [1.54, 1.807) is 12.1 Å². The van der Waals surface area contributed by atoms with Crippen molar-refractivity contribution in [3.63, 3.8) is 0 Å². The number of aromatic nitrogens is 2. The molecule has 15 nitrogen and oxygen atoms in total. The van der Waals surface area contributed by atoms with Gasteiger partial charge in [0.05, 0.1) is 12.4 Å². The number of nitrogens with two attached hydrogens (primary N) is 3. The van der Waals surface area contributed by atoms with E-state index in [-0.39, 0.29) is 37.5 Å². The number of carboxylic acid groups (broad SMARTS) is 1. The van der Waals surface area contributed by atoms with E-state index in [4.69, 9.17) is 22.3 Å². The van der Waals surface area contributed by atoms with Gasteiger partial charge >= 0.3 is 5.97 Å². The lowest BCUT2D eigenvalue weighted by molar-refractivity contribution is -0.138. The van der Waals surface area contributed by atoms with Crippen molar-refractivity contribution in [3.8, 4) is 5.75 Å². The van der Waals surface area contributed by atoms with Crippen molar-refractivity contribution >= 4 is 29.7 Å². The number of carbonyl (C=O) groups is 4. The van der Waals surface area contributed by atoms with Gasteiger partial charge in [-0.15, -0.1) is 0 Å². The van der Waals surface area contributed by atoms with Gasteiger partial charge in [-0.3, -0.25) is 24.2 Å². The van der Waals surface area contributed by atoms with Gasteiger partial charge < -0.3 is 48.3 Å². The summed E-state index contributed by atoms with van der Waals surface area (Å²) in [6.07, 6.45) is 3.55. The predicted octanol–water partition coefficient (Wildman–Crippen LogP) is -2.55. The van der Waals surface area contributed by atoms with E-state index < -0.39 is 48.4 Å². The second-order valence-corrected chi connectivity index (χ2v) is 8.44. The van der Waals surface area contributed by atoms with Gasteiger partial charge in [-0.1, -0.05) is 12.1 Å². The van der Waals surface area contributed by atoms with Gasteiger partial charge in [-0.05, 0) is 30.5 Å². The number of nitrogens with one attached hydrogen (secondary N) is 4. The summed E-state index contributed by atoms with van der Waals surface area (Å²) in [7, 11) is 0. The van der Waals surface area contributed by atoms with Gasteiger partial charge in [-0.25, -0.2) is 4.98 Å². The number of rotatable bonds is 15. The van der Waals surface area contributed by atoms with Crippen molar-refractivity contribution in [3.05, 3.63) is 48.0 Å². The topological polar surface area (TPSA) is 264 Å². The molecule has 0 aliphatic carbocycles. The summed E-state index contributed by atoms with van der Waals surface area (Å²) in [6.45, 7) is -0.458. The first-order valence-corrected chi connectivity index (χ1v) is 11.7. The van der Waals surface area contributed by atoms with Crippen LogP contribution in [0.2, 0.25) is 0 Å². The number of benzene rings is 1. The molecule has 3 amide bonds. The normalized spacial score (nSPS) is 13.0. The summed E-state index contributed by atoms with van der Waals surface area (Å²) < 4.78 is 0. The highest BCUT2D eigenvalue weighted by Crippen LogP contribution is 2.12. The highest BCUT2D eigenvalue weighted by molar-refractivity contribution is 5.93. The number of nitrogens with zero attached hydrogens (tertiary/aromatic N) is 2. The molecule has 38 heavy (non-hydrogen) atoms. The third-order valence-electron chi connectivity index (χ3n) is 5.33. The van der Waals surface area contributed by atoms with Crippen LogP contribution in [0.5, 0.6) is 5.75 Å². The van der Waals surface area contributed by atoms with Crippen LogP contribution in [0, 0.1) is 0 Å². The zero-order valence-electron chi connectivity index (χ0n) is 20.6. The number of imidazole rings is 1. The summed E-state index contributed by atoms with van der Waals surface area (Å²) in [6, 6.07) is 2.68. The number of aromatic amines is 1. The van der Waals surface area contributed by atoms with Crippen LogP contribution in [0.4, 0.5) is 0 Å². The molecule has 0 fully saturated rings. The molecule has 0 aliphatic rings. The Morgan fingerprint density at radius 1 is 1.00 bits per heavy atom. The Balaban J connectivity index is 2.16. The summed E-state index contributed by atoms with van der Waals surface area (Å²) in [5, 5.41) is 25.9. The second-order valence-electron chi connectivity index (χ2n) is 8.44. The molecule has 3 unspecified atom stereocenters. The minimum Gasteiger partial charge on any atom is -0.508 e. The number of hydrogen-bond acceptors (Lipinski definition) is 8. The van der Waals surface area contributed by atoms with Crippen LogP contribution in [0.25, 0.3) is 0 Å². The van der Waals surface area contributed by atoms with Gasteiger partial charge in [0.25, 0.3) is 0 Å². The van der Waals surface area contributed by atoms with E-state index in [9.17, 15) is 24.3 Å². The van der Waals surface area contributed by atoms with Crippen LogP contribution in [0.15, 0.2) is 41.8 Å². The molecule has 2 aromatic rings. The molecule has 0 spiro atoms. The SMILES string of the molecule is NC(N)=NCCCC(NC(=O)C(N)Cc1cnc[nH]1)C(=O)NC(Cc1ccc(O)cc1)C(=O)NCC(=O)O. The Labute approximate surface area is 218 Å². The molecule has 206 valence electrons. The number of guanidine groups is 1. The number of aliphatic imine (C=N–C) groups is 1. The largest absolute Gasteiger partial charge is 0.508 e. The van der Waals surface area contributed by atoms with Crippen LogP contribution >= 0.6 is 0 Å². The van der Waals surface area contributed by atoms with Gasteiger partial charge in [0.1, 0.15) is 24.4 Å². The zero-order valence-corrected chi connectivity index (χ0v) is 20.6. The number of carboxylic acids is 1. The molecule has 15 heteroatoms. The van der Waals surface area contributed by atoms with Gasteiger partial charge in [0, 0.05) is 31.3 Å². The Bertz CT molecular complexity index is 1100. The van der Waals surface area contributed by atoms with E-state index in [0.717, 1.165) is 0 Å². The van der Waals surface area contributed by atoms with Gasteiger partial charge in [0.15, 0.2) is 5.96 Å². The summed E-state index contributed by atoms with van der Waals surface area (Å²) >= 11 is 0. The van der Waals surface area contributed by atoms with E-state index in [0.29, 0.717) is 17.7 Å². The maximum absolute atomic E-state index is 13.2. The number of carbonyl (C=O) groups excluding carboxylic acids is 3. The Morgan fingerprint density at radius 3 is 2.29 bits per heavy atom. The highest BCUT2D eigenvalue weighted by atomic mass is 16.4. The first kappa shape index (κ1) is 29.6. The van der Waals surface area contributed by atoms with Crippen molar-refractivity contribution in [2.75, 3.05) is 13.1 Å². The number of phenolic OH excluding ortho intramolecular Hbond substituents is 1. The van der Waals surface area contributed by atoms with Gasteiger partial charge in [0.2, 0.25) is 17.7 Å². The monoisotopic (exact) mass is 531 g/mol. The lowest BCUT2D eigenvalue weighted by Gasteiger charge is -2.24. The van der Waals surface area contributed by atoms with Crippen LogP contribution in [-0.4, -0.2) is 81.0 Å². The molecule has 2 rings (SSSR count). The molecule has 1 aromatic carbocycles. The maximum atomic E-state index is 13.2. The first-order chi connectivity index (χ1) is 18.0. The molecule has 0 radical (unpaired) electrons. The Hall–Kier alpha value is -4.66. The molecule has 0 bridgehead atoms. The summed E-state index contributed by atoms with van der Waals surface area (Å²) in [4.78, 5) is 60.2. The summed E-state index contributed by atoms with van der Waals surface area (Å²) in [5.74, 6) is -3.40. The van der Waals surface area contributed by atoms with Gasteiger partial charge in [-0.2, -0.15) is 0 Å². The first-order valence-electron chi connectivity index (χ1n) is 11.7. The quantitative estimate of drug-likeness (QED) is 0.0659. The number of H-pyrrole nitrogens is 1. The van der Waals surface area contributed by atoms with Crippen LogP contribution in [0.1, 0.15) is 24.1 Å². The minimum absolute atomic E-state index is 0.00846. The summed E-state index contributed by atoms with van der Waals surface area (Å²) in [5.41, 5.74) is 17.9. The van der Waals surface area contributed by atoms with Crippen molar-refractivity contribution in [2.24, 2.45) is 22.2 Å². The van der Waals surface area contributed by atoms with Crippen molar-refractivity contribution in [2.45, 2.75) is 43.8 Å². The van der Waals surface area contributed by atoms with E-state index in [1.165, 1.54) is 24.7 Å². The molecule has 0 saturated heterocycles. The van der Waals surface area contributed by atoms with Crippen LogP contribution in [0.3, 0.4) is 0 Å². The number of hydrogen-bond donors (Lipinski definition) is 9. The van der Waals surface area contributed by atoms with Crippen molar-refractivity contribution in [1.82, 2.24) is 25.9 Å². The Kier molecular flexibility index (Phi) is 11.5. The molecular weight excluding hydrogens is 498 g/mol. The minimum atomic E-state index is -1.26. The van der Waals surface area contributed by atoms with Crippen LogP contribution in [-0.2, 0) is 32.0 Å². The predicted molar refractivity (Wildman–Crippen MR) is 136 cm³/mol. The number of aliphatic carboxylic acids is 1. The second kappa shape index (κ2) is 14.8. The van der Waals surface area contributed by atoms with Crippen molar-refractivity contribution in [1.29, 1.82) is 0 Å². The Morgan fingerprint density at radius 2 is 1.68 bits per heavy atom. The molecule has 1 heterocycles. The molecule has 1 aromatic heterocycles. The van der Waals surface area contributed by atoms with E-state index >= 15 is 0 Å². The maximum Gasteiger partial charge on any atom is 0.322 e. The molecule has 0 saturated carbocycles. The fourth-order valence-corrected chi connectivity index (χ4v) is 3.41. The molecule has 12 N–H and O–H groups in total. The smallest absolute Gasteiger partial charge is 0.322 e. The lowest BCUT2D eigenvalue weighted by Crippen LogP contribution is -2.56. The molecular formula is C23H33N9O6. The molecule has 3 atom stereocenters. The molecule has 0 aliphatic heterocycles. The van der Waals surface area contributed by atoms with Crippen LogP contribution < -0.4 is 33.2 Å². The number of amides is 3.